The first kappa shape index (κ1) is 13.3. The molecule has 0 saturated carbocycles. The lowest BCUT2D eigenvalue weighted by atomic mass is 10.2. The summed E-state index contributed by atoms with van der Waals surface area (Å²) in [5.74, 6) is 0.825. The highest BCUT2D eigenvalue weighted by Crippen LogP contribution is 2.31. The summed E-state index contributed by atoms with van der Waals surface area (Å²) in [5, 5.41) is 10.8. The Hall–Kier alpha value is -1.75. The largest absolute Gasteiger partial charge is 0.496 e. The van der Waals surface area contributed by atoms with Gasteiger partial charge in [0, 0.05) is 5.88 Å². The molecule has 0 saturated heterocycles. The van der Waals surface area contributed by atoms with Gasteiger partial charge in [0.05, 0.1) is 18.1 Å². The summed E-state index contributed by atoms with van der Waals surface area (Å²) in [6.07, 6.45) is 0. The lowest BCUT2D eigenvalue weighted by molar-refractivity contribution is -0.385. The quantitative estimate of drug-likeness (QED) is 0.340. The molecule has 17 heavy (non-hydrogen) atoms. The summed E-state index contributed by atoms with van der Waals surface area (Å²) in [6.45, 7) is 3.79. The monoisotopic (exact) mass is 257 g/mol. The zero-order valence-electron chi connectivity index (χ0n) is 9.31. The van der Waals surface area contributed by atoms with E-state index in [0.29, 0.717) is 11.3 Å². The van der Waals surface area contributed by atoms with Crippen molar-refractivity contribution in [2.24, 2.45) is 0 Å². The number of rotatable bonds is 6. The number of hydrogen-bond donors (Lipinski definition) is 0. The Kier molecular flexibility index (Phi) is 4.78. The topological polar surface area (TPSA) is 61.6 Å². The van der Waals surface area contributed by atoms with Crippen LogP contribution in [0.1, 0.15) is 0 Å². The molecule has 0 bridgehead atoms. The second-order valence-corrected chi connectivity index (χ2v) is 3.53. The third-order valence-electron chi connectivity index (χ3n) is 1.98. The Morgan fingerprint density at radius 2 is 2.29 bits per heavy atom. The fourth-order valence-corrected chi connectivity index (χ4v) is 1.18. The van der Waals surface area contributed by atoms with E-state index in [9.17, 15) is 10.1 Å². The summed E-state index contributed by atoms with van der Waals surface area (Å²) >= 11 is 5.53. The van der Waals surface area contributed by atoms with E-state index in [1.54, 1.807) is 6.07 Å². The molecule has 92 valence electrons. The molecule has 1 rings (SSSR count). The molecule has 0 aliphatic heterocycles. The molecule has 0 heterocycles. The smallest absolute Gasteiger partial charge is 0.314 e. The van der Waals surface area contributed by atoms with Gasteiger partial charge in [-0.25, -0.2) is 0 Å². The van der Waals surface area contributed by atoms with Crippen LogP contribution in [-0.2, 0) is 0 Å². The third-order valence-corrected chi connectivity index (χ3v) is 2.36. The molecule has 0 amide bonds. The van der Waals surface area contributed by atoms with Gasteiger partial charge in [-0.3, -0.25) is 10.1 Å². The van der Waals surface area contributed by atoms with E-state index in [2.05, 4.69) is 6.58 Å². The number of ether oxygens (including phenoxy) is 2. The average Bonchev–Trinajstić information content (AvgIpc) is 2.35. The van der Waals surface area contributed by atoms with Crippen molar-refractivity contribution in [2.75, 3.05) is 19.6 Å². The summed E-state index contributed by atoms with van der Waals surface area (Å²) in [6, 6.07) is 4.38. The predicted molar refractivity (Wildman–Crippen MR) is 65.0 cm³/mol. The van der Waals surface area contributed by atoms with Crippen molar-refractivity contribution in [1.29, 1.82) is 0 Å². The molecule has 1 aromatic rings. The molecule has 0 spiro atoms. The zero-order valence-corrected chi connectivity index (χ0v) is 10.1. The van der Waals surface area contributed by atoms with Crippen LogP contribution in [0.25, 0.3) is 0 Å². The lowest BCUT2D eigenvalue weighted by Crippen LogP contribution is -2.03. The highest BCUT2D eigenvalue weighted by molar-refractivity contribution is 6.19. The normalized spacial score (nSPS) is 9.76. The van der Waals surface area contributed by atoms with Crippen LogP contribution < -0.4 is 9.47 Å². The van der Waals surface area contributed by atoms with Gasteiger partial charge in [-0.2, -0.15) is 0 Å². The molecule has 0 radical (unpaired) electrons. The van der Waals surface area contributed by atoms with Crippen LogP contribution in [0.3, 0.4) is 0 Å². The molecular weight excluding hydrogens is 246 g/mol. The van der Waals surface area contributed by atoms with E-state index in [-0.39, 0.29) is 23.9 Å². The molecule has 5 nitrogen and oxygen atoms in total. The average molecular weight is 258 g/mol. The van der Waals surface area contributed by atoms with Crippen molar-refractivity contribution in [2.45, 2.75) is 0 Å². The number of hydrogen-bond acceptors (Lipinski definition) is 4. The zero-order chi connectivity index (χ0) is 12.8. The van der Waals surface area contributed by atoms with Crippen LogP contribution in [0.5, 0.6) is 11.5 Å². The van der Waals surface area contributed by atoms with Gasteiger partial charge in [-0.1, -0.05) is 6.58 Å². The number of methoxy groups -OCH3 is 1. The van der Waals surface area contributed by atoms with Gasteiger partial charge < -0.3 is 9.47 Å². The number of nitro groups is 1. The molecule has 6 heteroatoms. The highest BCUT2D eigenvalue weighted by atomic mass is 35.5. The van der Waals surface area contributed by atoms with Crippen LogP contribution in [0.2, 0.25) is 0 Å². The van der Waals surface area contributed by atoms with E-state index in [1.807, 2.05) is 0 Å². The van der Waals surface area contributed by atoms with Gasteiger partial charge in [0.2, 0.25) is 0 Å². The fraction of sp³-hybridized carbons (Fsp3) is 0.273. The van der Waals surface area contributed by atoms with Crippen molar-refractivity contribution < 1.29 is 14.4 Å². The number of nitro benzene ring substituents is 1. The molecule has 0 aromatic heterocycles. The maximum absolute atomic E-state index is 10.8. The Balaban J connectivity index is 2.90. The Morgan fingerprint density at radius 3 is 2.82 bits per heavy atom. The van der Waals surface area contributed by atoms with Crippen LogP contribution in [0, 0.1) is 10.1 Å². The van der Waals surface area contributed by atoms with E-state index in [4.69, 9.17) is 21.1 Å². The maximum atomic E-state index is 10.8. The molecule has 0 aliphatic carbocycles. The summed E-state index contributed by atoms with van der Waals surface area (Å²) < 4.78 is 10.2. The van der Waals surface area contributed by atoms with Gasteiger partial charge >= 0.3 is 5.69 Å². The van der Waals surface area contributed by atoms with Crippen LogP contribution >= 0.6 is 11.6 Å². The molecule has 0 N–H and O–H groups in total. The second-order valence-electron chi connectivity index (χ2n) is 3.26. The van der Waals surface area contributed by atoms with Gasteiger partial charge in [0.1, 0.15) is 12.4 Å². The van der Waals surface area contributed by atoms with Crippen LogP contribution in [0.15, 0.2) is 30.4 Å². The fourth-order valence-electron chi connectivity index (χ4n) is 1.11. The molecular formula is C11H12ClNO4. The molecule has 0 aliphatic rings. The first-order chi connectivity index (χ1) is 8.08. The van der Waals surface area contributed by atoms with E-state index in [0.717, 1.165) is 0 Å². The SMILES string of the molecule is C=C(CCl)COc1ccc(OC)cc1[N+](=O)[O-]. The van der Waals surface area contributed by atoms with Gasteiger partial charge in [-0.15, -0.1) is 11.6 Å². The maximum Gasteiger partial charge on any atom is 0.314 e. The lowest BCUT2D eigenvalue weighted by Gasteiger charge is -2.08. The third kappa shape index (κ3) is 3.64. The Morgan fingerprint density at radius 1 is 1.59 bits per heavy atom. The number of nitrogens with zero attached hydrogens (tertiary/aromatic N) is 1. The highest BCUT2D eigenvalue weighted by Gasteiger charge is 2.16. The van der Waals surface area contributed by atoms with Crippen LogP contribution in [-0.4, -0.2) is 24.5 Å². The second kappa shape index (κ2) is 6.10. The molecule has 0 unspecified atom stereocenters. The Labute approximate surface area is 104 Å². The van der Waals surface area contributed by atoms with Gasteiger partial charge in [0.25, 0.3) is 0 Å². The van der Waals surface area contributed by atoms with Crippen molar-refractivity contribution in [3.63, 3.8) is 0 Å². The summed E-state index contributed by atoms with van der Waals surface area (Å²) in [5.41, 5.74) is 0.503. The van der Waals surface area contributed by atoms with Crippen molar-refractivity contribution in [3.05, 3.63) is 40.5 Å². The Bertz CT molecular complexity index is 433. The van der Waals surface area contributed by atoms with Crippen molar-refractivity contribution in [1.82, 2.24) is 0 Å². The molecule has 1 aromatic carbocycles. The number of alkyl halides is 1. The standard InChI is InChI=1S/C11H12ClNO4/c1-8(6-12)7-17-11-4-3-9(16-2)5-10(11)13(14)15/h3-5H,1,6-7H2,2H3. The van der Waals surface area contributed by atoms with E-state index in [1.165, 1.54) is 19.2 Å². The molecule has 0 fully saturated rings. The first-order valence-corrected chi connectivity index (χ1v) is 5.29. The van der Waals surface area contributed by atoms with Crippen molar-refractivity contribution >= 4 is 17.3 Å². The van der Waals surface area contributed by atoms with Crippen LogP contribution in [0.4, 0.5) is 5.69 Å². The minimum absolute atomic E-state index is 0.147. The number of halogens is 1. The number of benzene rings is 1. The first-order valence-electron chi connectivity index (χ1n) is 4.76. The molecule has 0 atom stereocenters. The van der Waals surface area contributed by atoms with Gasteiger partial charge in [0.15, 0.2) is 5.75 Å². The minimum atomic E-state index is -0.526. The summed E-state index contributed by atoms with van der Waals surface area (Å²) in [7, 11) is 1.44. The van der Waals surface area contributed by atoms with Crippen molar-refractivity contribution in [3.8, 4) is 11.5 Å². The predicted octanol–water partition coefficient (Wildman–Crippen LogP) is 2.78. The van der Waals surface area contributed by atoms with Gasteiger partial charge in [-0.05, 0) is 17.7 Å². The summed E-state index contributed by atoms with van der Waals surface area (Å²) in [4.78, 5) is 10.3. The van der Waals surface area contributed by atoms with E-state index < -0.39 is 4.92 Å². The minimum Gasteiger partial charge on any atom is -0.496 e. The van der Waals surface area contributed by atoms with E-state index >= 15 is 0 Å².